The van der Waals surface area contributed by atoms with Gasteiger partial charge in [-0.3, -0.25) is 4.90 Å². The van der Waals surface area contributed by atoms with Crippen molar-refractivity contribution in [2.75, 3.05) is 39.0 Å². The number of anilines is 1. The Morgan fingerprint density at radius 2 is 2.00 bits per heavy atom. The zero-order valence-electron chi connectivity index (χ0n) is 10.6. The zero-order valence-corrected chi connectivity index (χ0v) is 10.6. The molecule has 0 spiro atoms. The van der Waals surface area contributed by atoms with Crippen molar-refractivity contribution in [2.24, 2.45) is 0 Å². The number of rotatable bonds is 2. The molecule has 6 nitrogen and oxygen atoms in total. The Morgan fingerprint density at radius 3 is 2.78 bits per heavy atom. The molecule has 0 saturated carbocycles. The topological polar surface area (TPSA) is 62.7 Å². The van der Waals surface area contributed by atoms with E-state index in [-0.39, 0.29) is 0 Å². The average Bonchev–Trinajstić information content (AvgIpc) is 2.77. The number of nitrogen functional groups attached to an aromatic ring is 1. The fraction of sp³-hybridized carbons (Fsp3) is 0.500. The van der Waals surface area contributed by atoms with Gasteiger partial charge in [0.05, 0.1) is 5.69 Å². The number of aromatic nitrogens is 3. The molecule has 6 heteroatoms. The summed E-state index contributed by atoms with van der Waals surface area (Å²) in [6.45, 7) is 5.37. The number of fused-ring (bicyclic) bond motifs is 1. The lowest BCUT2D eigenvalue weighted by atomic mass is 10.3. The fourth-order valence-corrected chi connectivity index (χ4v) is 2.36. The molecule has 3 rings (SSSR count). The molecular formula is C12H18N6. The van der Waals surface area contributed by atoms with Crippen molar-refractivity contribution in [2.45, 2.75) is 6.54 Å². The lowest BCUT2D eigenvalue weighted by Gasteiger charge is -2.32. The standard InChI is InChI=1S/C12H18N6/c1-16-4-6-17(7-5-16)8-10-2-3-11-12(13)14-9-15-18(10)11/h2-3,9H,4-8H2,1H3,(H2,13,14,15). The molecule has 1 aliphatic heterocycles. The zero-order chi connectivity index (χ0) is 12.5. The first-order valence-electron chi connectivity index (χ1n) is 6.22. The molecule has 1 aliphatic rings. The highest BCUT2D eigenvalue weighted by Gasteiger charge is 2.15. The van der Waals surface area contributed by atoms with E-state index in [9.17, 15) is 0 Å². The second-order valence-corrected chi connectivity index (χ2v) is 4.85. The minimum atomic E-state index is 0.537. The summed E-state index contributed by atoms with van der Waals surface area (Å²) in [4.78, 5) is 8.80. The van der Waals surface area contributed by atoms with Gasteiger partial charge in [-0.2, -0.15) is 5.10 Å². The molecule has 2 aromatic heterocycles. The molecule has 0 radical (unpaired) electrons. The van der Waals surface area contributed by atoms with Gasteiger partial charge in [0.25, 0.3) is 0 Å². The Morgan fingerprint density at radius 1 is 1.22 bits per heavy atom. The predicted molar refractivity (Wildman–Crippen MR) is 70.2 cm³/mol. The van der Waals surface area contributed by atoms with E-state index in [0.29, 0.717) is 5.82 Å². The van der Waals surface area contributed by atoms with Crippen molar-refractivity contribution in [1.82, 2.24) is 24.4 Å². The molecule has 18 heavy (non-hydrogen) atoms. The number of piperazine rings is 1. The van der Waals surface area contributed by atoms with E-state index in [1.807, 2.05) is 10.6 Å². The summed E-state index contributed by atoms with van der Waals surface area (Å²) in [6.07, 6.45) is 1.51. The molecular weight excluding hydrogens is 228 g/mol. The molecule has 2 N–H and O–H groups in total. The van der Waals surface area contributed by atoms with Gasteiger partial charge < -0.3 is 10.6 Å². The molecule has 1 fully saturated rings. The average molecular weight is 246 g/mol. The van der Waals surface area contributed by atoms with E-state index < -0.39 is 0 Å². The number of hydrogen-bond donors (Lipinski definition) is 1. The molecule has 0 bridgehead atoms. The van der Waals surface area contributed by atoms with Crippen LogP contribution in [0.25, 0.3) is 5.52 Å². The Balaban J connectivity index is 1.81. The minimum Gasteiger partial charge on any atom is -0.382 e. The first-order chi connectivity index (χ1) is 8.74. The summed E-state index contributed by atoms with van der Waals surface area (Å²) in [5.74, 6) is 0.537. The van der Waals surface area contributed by atoms with Crippen molar-refractivity contribution in [3.8, 4) is 0 Å². The van der Waals surface area contributed by atoms with Crippen LogP contribution in [0.1, 0.15) is 5.69 Å². The van der Waals surface area contributed by atoms with Crippen LogP contribution in [0.15, 0.2) is 18.5 Å². The Bertz CT molecular complexity index is 540. The molecule has 0 aromatic carbocycles. The molecule has 1 saturated heterocycles. The van der Waals surface area contributed by atoms with Gasteiger partial charge in [0, 0.05) is 32.7 Å². The summed E-state index contributed by atoms with van der Waals surface area (Å²) >= 11 is 0. The van der Waals surface area contributed by atoms with Gasteiger partial charge in [-0.1, -0.05) is 0 Å². The summed E-state index contributed by atoms with van der Waals surface area (Å²) < 4.78 is 1.89. The van der Waals surface area contributed by atoms with Crippen molar-refractivity contribution in [1.29, 1.82) is 0 Å². The second-order valence-electron chi connectivity index (χ2n) is 4.85. The van der Waals surface area contributed by atoms with Gasteiger partial charge in [0.15, 0.2) is 5.82 Å². The molecule has 0 atom stereocenters. The van der Waals surface area contributed by atoms with Gasteiger partial charge in [0.1, 0.15) is 11.8 Å². The third-order valence-electron chi connectivity index (χ3n) is 3.54. The van der Waals surface area contributed by atoms with Gasteiger partial charge in [0.2, 0.25) is 0 Å². The first kappa shape index (κ1) is 11.4. The number of hydrogen-bond acceptors (Lipinski definition) is 5. The normalized spacial score (nSPS) is 18.5. The summed E-state index contributed by atoms with van der Waals surface area (Å²) in [7, 11) is 2.16. The highest BCUT2D eigenvalue weighted by molar-refractivity contribution is 5.65. The summed E-state index contributed by atoms with van der Waals surface area (Å²) in [5, 5.41) is 4.27. The predicted octanol–water partition coefficient (Wildman–Crippen LogP) is 0.0589. The van der Waals surface area contributed by atoms with Crippen molar-refractivity contribution in [3.63, 3.8) is 0 Å². The summed E-state index contributed by atoms with van der Waals surface area (Å²) in [6, 6.07) is 4.07. The SMILES string of the molecule is CN1CCN(Cc2ccc3c(N)ncnn23)CC1. The second kappa shape index (κ2) is 4.55. The maximum atomic E-state index is 5.83. The number of likely N-dealkylation sites (N-methyl/N-ethyl adjacent to an activating group) is 1. The monoisotopic (exact) mass is 246 g/mol. The highest BCUT2D eigenvalue weighted by Crippen LogP contribution is 2.15. The van der Waals surface area contributed by atoms with Crippen LogP contribution in [0.5, 0.6) is 0 Å². The van der Waals surface area contributed by atoms with E-state index in [1.54, 1.807) is 0 Å². The highest BCUT2D eigenvalue weighted by atomic mass is 15.3. The first-order valence-corrected chi connectivity index (χ1v) is 6.22. The minimum absolute atomic E-state index is 0.537. The lowest BCUT2D eigenvalue weighted by Crippen LogP contribution is -2.44. The van der Waals surface area contributed by atoms with Gasteiger partial charge >= 0.3 is 0 Å². The van der Waals surface area contributed by atoms with Crippen molar-refractivity contribution >= 4 is 11.3 Å². The van der Waals surface area contributed by atoms with Crippen LogP contribution in [-0.4, -0.2) is 57.6 Å². The van der Waals surface area contributed by atoms with Crippen LogP contribution in [0, 0.1) is 0 Å². The van der Waals surface area contributed by atoms with E-state index >= 15 is 0 Å². The Kier molecular flexibility index (Phi) is 2.89. The third-order valence-corrected chi connectivity index (χ3v) is 3.54. The molecule has 0 unspecified atom stereocenters. The largest absolute Gasteiger partial charge is 0.382 e. The number of nitrogens with two attached hydrogens (primary N) is 1. The van der Waals surface area contributed by atoms with Crippen LogP contribution < -0.4 is 5.73 Å². The fourth-order valence-electron chi connectivity index (χ4n) is 2.36. The van der Waals surface area contributed by atoms with Crippen LogP contribution in [0.2, 0.25) is 0 Å². The molecule has 0 amide bonds. The quantitative estimate of drug-likeness (QED) is 0.812. The maximum absolute atomic E-state index is 5.83. The van der Waals surface area contributed by atoms with Crippen LogP contribution >= 0.6 is 0 Å². The van der Waals surface area contributed by atoms with Crippen LogP contribution in [0.3, 0.4) is 0 Å². The number of nitrogens with zero attached hydrogens (tertiary/aromatic N) is 5. The third kappa shape index (κ3) is 2.04. The van der Waals surface area contributed by atoms with E-state index in [0.717, 1.165) is 38.2 Å². The Labute approximate surface area is 106 Å². The summed E-state index contributed by atoms with van der Waals surface area (Å²) in [5.41, 5.74) is 7.89. The molecule has 2 aromatic rings. The lowest BCUT2D eigenvalue weighted by molar-refractivity contribution is 0.146. The molecule has 96 valence electrons. The van der Waals surface area contributed by atoms with Gasteiger partial charge in [-0.25, -0.2) is 9.50 Å². The van der Waals surface area contributed by atoms with Crippen molar-refractivity contribution in [3.05, 3.63) is 24.2 Å². The van der Waals surface area contributed by atoms with Crippen LogP contribution in [0.4, 0.5) is 5.82 Å². The van der Waals surface area contributed by atoms with E-state index in [4.69, 9.17) is 5.73 Å². The molecule has 3 heterocycles. The van der Waals surface area contributed by atoms with E-state index in [2.05, 4.69) is 33.0 Å². The molecule has 0 aliphatic carbocycles. The smallest absolute Gasteiger partial charge is 0.151 e. The van der Waals surface area contributed by atoms with Gasteiger partial charge in [-0.05, 0) is 19.2 Å². The van der Waals surface area contributed by atoms with Crippen molar-refractivity contribution < 1.29 is 0 Å². The Hall–Kier alpha value is -1.66. The van der Waals surface area contributed by atoms with Crippen LogP contribution in [-0.2, 0) is 6.54 Å². The van der Waals surface area contributed by atoms with E-state index in [1.165, 1.54) is 12.0 Å². The maximum Gasteiger partial charge on any atom is 0.151 e. The van der Waals surface area contributed by atoms with Gasteiger partial charge in [-0.15, -0.1) is 0 Å².